The zero-order chi connectivity index (χ0) is 8.74. The lowest BCUT2D eigenvalue weighted by molar-refractivity contribution is 0.443. The summed E-state index contributed by atoms with van der Waals surface area (Å²) in [5.41, 5.74) is 5.90. The average Bonchev–Trinajstić information content (AvgIpc) is 1.85. The Bertz CT molecular complexity index is 81.4. The Morgan fingerprint density at radius 3 is 2.00 bits per heavy atom. The Kier molecular flexibility index (Phi) is 5.57. The standard InChI is InChI=1S/C10H23N/c1-4-5-6-7-8-9-10(2,3)11/h4-9,11H2,1-3H3. The molecule has 0 atom stereocenters. The molecule has 68 valence electrons. The molecule has 0 saturated carbocycles. The normalized spacial score (nSPS) is 12.0. The van der Waals surface area contributed by atoms with Gasteiger partial charge in [-0.2, -0.15) is 0 Å². The fourth-order valence-corrected chi connectivity index (χ4v) is 1.18. The van der Waals surface area contributed by atoms with Gasteiger partial charge in [-0.05, 0) is 20.3 Å². The highest BCUT2D eigenvalue weighted by atomic mass is 14.7. The molecule has 0 aliphatic rings. The van der Waals surface area contributed by atoms with Gasteiger partial charge < -0.3 is 5.73 Å². The Morgan fingerprint density at radius 1 is 1.00 bits per heavy atom. The van der Waals surface area contributed by atoms with E-state index < -0.39 is 0 Å². The highest BCUT2D eigenvalue weighted by Crippen LogP contribution is 2.11. The molecule has 0 fully saturated rings. The van der Waals surface area contributed by atoms with Gasteiger partial charge in [-0.25, -0.2) is 0 Å². The van der Waals surface area contributed by atoms with Crippen molar-refractivity contribution in [2.75, 3.05) is 0 Å². The quantitative estimate of drug-likeness (QED) is 0.589. The van der Waals surface area contributed by atoms with Crippen molar-refractivity contribution in [3.63, 3.8) is 0 Å². The summed E-state index contributed by atoms with van der Waals surface area (Å²) in [5.74, 6) is 0. The van der Waals surface area contributed by atoms with Crippen molar-refractivity contribution in [2.45, 2.75) is 64.8 Å². The van der Waals surface area contributed by atoms with E-state index in [2.05, 4.69) is 20.8 Å². The summed E-state index contributed by atoms with van der Waals surface area (Å²) >= 11 is 0. The van der Waals surface area contributed by atoms with Crippen LogP contribution >= 0.6 is 0 Å². The Morgan fingerprint density at radius 2 is 1.55 bits per heavy atom. The molecular weight excluding hydrogens is 134 g/mol. The lowest BCUT2D eigenvalue weighted by Crippen LogP contribution is -2.31. The molecule has 0 aliphatic heterocycles. The molecule has 2 N–H and O–H groups in total. The van der Waals surface area contributed by atoms with Crippen LogP contribution in [-0.4, -0.2) is 5.54 Å². The molecule has 0 spiro atoms. The molecule has 1 nitrogen and oxygen atoms in total. The first-order valence-electron chi connectivity index (χ1n) is 4.85. The van der Waals surface area contributed by atoms with Gasteiger partial charge in [-0.3, -0.25) is 0 Å². The van der Waals surface area contributed by atoms with Gasteiger partial charge in [0.15, 0.2) is 0 Å². The summed E-state index contributed by atoms with van der Waals surface area (Å²) in [6, 6.07) is 0. The first-order valence-corrected chi connectivity index (χ1v) is 4.85. The van der Waals surface area contributed by atoms with E-state index in [-0.39, 0.29) is 5.54 Å². The van der Waals surface area contributed by atoms with E-state index in [4.69, 9.17) is 5.73 Å². The summed E-state index contributed by atoms with van der Waals surface area (Å²) in [4.78, 5) is 0. The van der Waals surface area contributed by atoms with Gasteiger partial charge in [0.25, 0.3) is 0 Å². The van der Waals surface area contributed by atoms with Crippen LogP contribution in [0.1, 0.15) is 59.3 Å². The van der Waals surface area contributed by atoms with Gasteiger partial charge in [-0.15, -0.1) is 0 Å². The lowest BCUT2D eigenvalue weighted by atomic mass is 9.98. The van der Waals surface area contributed by atoms with Gasteiger partial charge in [0, 0.05) is 5.54 Å². The summed E-state index contributed by atoms with van der Waals surface area (Å²) < 4.78 is 0. The van der Waals surface area contributed by atoms with Crippen molar-refractivity contribution in [3.8, 4) is 0 Å². The van der Waals surface area contributed by atoms with E-state index in [1.807, 2.05) is 0 Å². The highest BCUT2D eigenvalue weighted by Gasteiger charge is 2.08. The fraction of sp³-hybridized carbons (Fsp3) is 1.00. The van der Waals surface area contributed by atoms with Crippen molar-refractivity contribution in [1.29, 1.82) is 0 Å². The second-order valence-corrected chi connectivity index (χ2v) is 4.15. The second kappa shape index (κ2) is 5.59. The average molecular weight is 157 g/mol. The maximum absolute atomic E-state index is 5.85. The molecule has 0 saturated heterocycles. The van der Waals surface area contributed by atoms with Crippen LogP contribution in [0.2, 0.25) is 0 Å². The number of hydrogen-bond acceptors (Lipinski definition) is 1. The molecule has 0 aromatic rings. The van der Waals surface area contributed by atoms with Crippen LogP contribution in [0, 0.1) is 0 Å². The molecule has 0 unspecified atom stereocenters. The first kappa shape index (κ1) is 11.0. The van der Waals surface area contributed by atoms with Crippen LogP contribution < -0.4 is 5.73 Å². The lowest BCUT2D eigenvalue weighted by Gasteiger charge is -2.17. The molecule has 0 amide bonds. The minimum atomic E-state index is 0.0478. The summed E-state index contributed by atoms with van der Waals surface area (Å²) in [6.45, 7) is 6.45. The van der Waals surface area contributed by atoms with Crippen molar-refractivity contribution < 1.29 is 0 Å². The van der Waals surface area contributed by atoms with Crippen LogP contribution in [0.25, 0.3) is 0 Å². The first-order chi connectivity index (χ1) is 5.06. The SMILES string of the molecule is CCCCCCCC(C)(C)N. The minimum Gasteiger partial charge on any atom is -0.326 e. The van der Waals surface area contributed by atoms with Crippen LogP contribution in [0.15, 0.2) is 0 Å². The van der Waals surface area contributed by atoms with Crippen molar-refractivity contribution in [1.82, 2.24) is 0 Å². The zero-order valence-electron chi connectivity index (χ0n) is 8.32. The van der Waals surface area contributed by atoms with Crippen LogP contribution in [-0.2, 0) is 0 Å². The molecule has 0 aromatic heterocycles. The molecular formula is C10H23N. The summed E-state index contributed by atoms with van der Waals surface area (Å²) in [7, 11) is 0. The Hall–Kier alpha value is -0.0400. The summed E-state index contributed by atoms with van der Waals surface area (Å²) in [5, 5.41) is 0. The smallest absolute Gasteiger partial charge is 0.00970 e. The number of hydrogen-bond donors (Lipinski definition) is 1. The van der Waals surface area contributed by atoms with Gasteiger partial charge in [0.2, 0.25) is 0 Å². The Balaban J connectivity index is 3.02. The van der Waals surface area contributed by atoms with E-state index in [1.54, 1.807) is 0 Å². The number of nitrogens with two attached hydrogens (primary N) is 1. The van der Waals surface area contributed by atoms with E-state index >= 15 is 0 Å². The highest BCUT2D eigenvalue weighted by molar-refractivity contribution is 4.70. The van der Waals surface area contributed by atoms with Crippen molar-refractivity contribution in [2.24, 2.45) is 5.73 Å². The largest absolute Gasteiger partial charge is 0.326 e. The molecule has 0 aromatic carbocycles. The number of rotatable bonds is 6. The predicted molar refractivity (Wildman–Crippen MR) is 51.6 cm³/mol. The van der Waals surface area contributed by atoms with Gasteiger partial charge in [0.1, 0.15) is 0 Å². The van der Waals surface area contributed by atoms with Gasteiger partial charge in [0.05, 0.1) is 0 Å². The topological polar surface area (TPSA) is 26.0 Å². The third-order valence-corrected chi connectivity index (χ3v) is 1.92. The Labute approximate surface area is 71.4 Å². The summed E-state index contributed by atoms with van der Waals surface area (Å²) in [6.07, 6.45) is 7.90. The second-order valence-electron chi connectivity index (χ2n) is 4.15. The minimum absolute atomic E-state index is 0.0478. The molecule has 11 heavy (non-hydrogen) atoms. The van der Waals surface area contributed by atoms with E-state index in [0.717, 1.165) is 6.42 Å². The molecule has 0 bridgehead atoms. The van der Waals surface area contributed by atoms with E-state index in [9.17, 15) is 0 Å². The van der Waals surface area contributed by atoms with Crippen LogP contribution in [0.3, 0.4) is 0 Å². The van der Waals surface area contributed by atoms with E-state index in [0.29, 0.717) is 0 Å². The molecule has 0 rings (SSSR count). The zero-order valence-corrected chi connectivity index (χ0v) is 8.32. The maximum Gasteiger partial charge on any atom is 0.00970 e. The predicted octanol–water partition coefficient (Wildman–Crippen LogP) is 3.08. The molecule has 1 heteroatoms. The monoisotopic (exact) mass is 157 g/mol. The number of unbranched alkanes of at least 4 members (excludes halogenated alkanes) is 4. The van der Waals surface area contributed by atoms with E-state index in [1.165, 1.54) is 32.1 Å². The van der Waals surface area contributed by atoms with Gasteiger partial charge in [-0.1, -0.05) is 39.0 Å². The third-order valence-electron chi connectivity index (χ3n) is 1.92. The van der Waals surface area contributed by atoms with Crippen molar-refractivity contribution >= 4 is 0 Å². The molecule has 0 heterocycles. The fourth-order valence-electron chi connectivity index (χ4n) is 1.18. The third kappa shape index (κ3) is 9.96. The molecule has 0 radical (unpaired) electrons. The maximum atomic E-state index is 5.85. The molecule has 0 aliphatic carbocycles. The van der Waals surface area contributed by atoms with Crippen molar-refractivity contribution in [3.05, 3.63) is 0 Å². The van der Waals surface area contributed by atoms with Crippen LogP contribution in [0.4, 0.5) is 0 Å². The van der Waals surface area contributed by atoms with Gasteiger partial charge >= 0.3 is 0 Å². The van der Waals surface area contributed by atoms with Crippen LogP contribution in [0.5, 0.6) is 0 Å².